The summed E-state index contributed by atoms with van der Waals surface area (Å²) in [6.45, 7) is 1.15. The van der Waals surface area contributed by atoms with E-state index < -0.39 is 11.6 Å². The normalized spacial score (nSPS) is 15.8. The van der Waals surface area contributed by atoms with Crippen LogP contribution >= 0.6 is 22.6 Å². The predicted molar refractivity (Wildman–Crippen MR) is 79.2 cm³/mol. The molecule has 0 unspecified atom stereocenters. The molecule has 0 atom stereocenters. The summed E-state index contributed by atoms with van der Waals surface area (Å²) in [4.78, 5) is 0. The maximum Gasteiger partial charge on any atom is 0.184 e. The number of benzene rings is 2. The minimum atomic E-state index is -0.821. The van der Waals surface area contributed by atoms with Crippen LogP contribution in [0.1, 0.15) is 11.9 Å². The topological polar surface area (TPSA) is 18.5 Å². The number of halogens is 3. The first-order chi connectivity index (χ1) is 9.66. The van der Waals surface area contributed by atoms with Gasteiger partial charge in [0.1, 0.15) is 0 Å². The zero-order valence-electron chi connectivity index (χ0n) is 10.4. The third-order valence-electron chi connectivity index (χ3n) is 3.15. The van der Waals surface area contributed by atoms with Crippen molar-refractivity contribution in [2.75, 3.05) is 13.2 Å². The third kappa shape index (κ3) is 2.57. The average Bonchev–Trinajstić information content (AvgIpc) is 3.00. The molecule has 0 N–H and O–H groups in total. The summed E-state index contributed by atoms with van der Waals surface area (Å²) in [6, 6.07) is 10.2. The van der Waals surface area contributed by atoms with Gasteiger partial charge in [-0.05, 0) is 34.2 Å². The van der Waals surface area contributed by atoms with Gasteiger partial charge in [-0.2, -0.15) is 0 Å². The molecule has 1 saturated heterocycles. The first-order valence-electron chi connectivity index (χ1n) is 6.14. The van der Waals surface area contributed by atoms with Gasteiger partial charge in [0.05, 0.1) is 16.8 Å². The van der Waals surface area contributed by atoms with Crippen molar-refractivity contribution in [3.8, 4) is 11.1 Å². The molecule has 2 aromatic rings. The van der Waals surface area contributed by atoms with E-state index in [1.807, 2.05) is 0 Å². The monoisotopic (exact) mass is 388 g/mol. The summed E-state index contributed by atoms with van der Waals surface area (Å²) in [7, 11) is 0. The minimum Gasteiger partial charge on any atom is -0.346 e. The zero-order valence-corrected chi connectivity index (χ0v) is 12.6. The summed E-state index contributed by atoms with van der Waals surface area (Å²) < 4.78 is 38.5. The van der Waals surface area contributed by atoms with Gasteiger partial charge in [-0.1, -0.05) is 30.3 Å². The van der Waals surface area contributed by atoms with E-state index in [-0.39, 0.29) is 15.4 Å². The van der Waals surface area contributed by atoms with E-state index in [0.29, 0.717) is 18.8 Å². The molecular formula is C15H11F2IO2. The van der Waals surface area contributed by atoms with Gasteiger partial charge in [0.15, 0.2) is 17.9 Å². The molecule has 1 heterocycles. The van der Waals surface area contributed by atoms with E-state index in [0.717, 1.165) is 5.56 Å². The summed E-state index contributed by atoms with van der Waals surface area (Å²) in [5, 5.41) is 0. The van der Waals surface area contributed by atoms with Crippen LogP contribution < -0.4 is 0 Å². The SMILES string of the molecule is Fc1c(I)ccc(-c2ccc(C3OCCO3)cc2)c1F. The molecule has 3 rings (SSSR count). The summed E-state index contributed by atoms with van der Waals surface area (Å²) in [6.07, 6.45) is -0.359. The smallest absolute Gasteiger partial charge is 0.184 e. The molecule has 0 aromatic heterocycles. The standard InChI is InChI=1S/C15H11F2IO2/c16-13-11(5-6-12(18)14(13)17)9-1-3-10(4-2-9)15-19-7-8-20-15/h1-6,15H,7-8H2. The van der Waals surface area contributed by atoms with Crippen molar-refractivity contribution in [3.63, 3.8) is 0 Å². The first kappa shape index (κ1) is 13.9. The van der Waals surface area contributed by atoms with Crippen LogP contribution in [0.5, 0.6) is 0 Å². The Labute approximate surface area is 128 Å². The van der Waals surface area contributed by atoms with Crippen molar-refractivity contribution in [1.82, 2.24) is 0 Å². The summed E-state index contributed by atoms with van der Waals surface area (Å²) in [5.74, 6) is -1.63. The van der Waals surface area contributed by atoms with E-state index in [1.165, 1.54) is 0 Å². The third-order valence-corrected chi connectivity index (χ3v) is 3.98. The fraction of sp³-hybridized carbons (Fsp3) is 0.200. The van der Waals surface area contributed by atoms with Gasteiger partial charge in [-0.3, -0.25) is 0 Å². The quantitative estimate of drug-likeness (QED) is 0.565. The van der Waals surface area contributed by atoms with E-state index in [4.69, 9.17) is 9.47 Å². The number of hydrogen-bond acceptors (Lipinski definition) is 2. The van der Waals surface area contributed by atoms with Crippen molar-refractivity contribution in [2.24, 2.45) is 0 Å². The van der Waals surface area contributed by atoms with Gasteiger partial charge in [-0.25, -0.2) is 8.78 Å². The maximum absolute atomic E-state index is 13.9. The molecule has 0 saturated carbocycles. The lowest BCUT2D eigenvalue weighted by atomic mass is 10.0. The van der Waals surface area contributed by atoms with Crippen molar-refractivity contribution < 1.29 is 18.3 Å². The number of hydrogen-bond donors (Lipinski definition) is 0. The van der Waals surface area contributed by atoms with Crippen LogP contribution in [0.15, 0.2) is 36.4 Å². The Morgan fingerprint density at radius 2 is 1.55 bits per heavy atom. The van der Waals surface area contributed by atoms with Gasteiger partial charge in [-0.15, -0.1) is 0 Å². The van der Waals surface area contributed by atoms with Crippen LogP contribution in [-0.2, 0) is 9.47 Å². The minimum absolute atomic E-state index is 0.253. The Morgan fingerprint density at radius 1 is 0.900 bits per heavy atom. The number of rotatable bonds is 2. The van der Waals surface area contributed by atoms with E-state index in [1.54, 1.807) is 59.0 Å². The van der Waals surface area contributed by atoms with Gasteiger partial charge in [0.2, 0.25) is 0 Å². The molecule has 0 amide bonds. The van der Waals surface area contributed by atoms with Crippen molar-refractivity contribution >= 4 is 22.6 Å². The van der Waals surface area contributed by atoms with Crippen LogP contribution in [0.2, 0.25) is 0 Å². The maximum atomic E-state index is 13.9. The number of ether oxygens (including phenoxy) is 2. The Hall–Kier alpha value is -1.05. The lowest BCUT2D eigenvalue weighted by molar-refractivity contribution is -0.0441. The zero-order chi connectivity index (χ0) is 14.1. The fourth-order valence-electron chi connectivity index (χ4n) is 2.12. The molecule has 0 spiro atoms. The first-order valence-corrected chi connectivity index (χ1v) is 7.22. The molecule has 5 heteroatoms. The Bertz CT molecular complexity index is 623. The molecule has 0 aliphatic carbocycles. The van der Waals surface area contributed by atoms with Gasteiger partial charge in [0, 0.05) is 11.1 Å². The van der Waals surface area contributed by atoms with Gasteiger partial charge >= 0.3 is 0 Å². The lowest BCUT2D eigenvalue weighted by Gasteiger charge is -2.11. The fourth-order valence-corrected chi connectivity index (χ4v) is 2.54. The average molecular weight is 388 g/mol. The molecule has 0 radical (unpaired) electrons. The molecule has 1 aliphatic rings. The van der Waals surface area contributed by atoms with Crippen LogP contribution in [0.3, 0.4) is 0 Å². The highest BCUT2D eigenvalue weighted by molar-refractivity contribution is 14.1. The predicted octanol–water partition coefficient (Wildman–Crippen LogP) is 4.28. The molecule has 1 fully saturated rings. The van der Waals surface area contributed by atoms with Crippen molar-refractivity contribution in [3.05, 3.63) is 57.2 Å². The van der Waals surface area contributed by atoms with Gasteiger partial charge < -0.3 is 9.47 Å². The highest BCUT2D eigenvalue weighted by atomic mass is 127. The van der Waals surface area contributed by atoms with E-state index in [9.17, 15) is 8.78 Å². The molecule has 2 nitrogen and oxygen atoms in total. The van der Waals surface area contributed by atoms with E-state index >= 15 is 0 Å². The van der Waals surface area contributed by atoms with Crippen molar-refractivity contribution in [2.45, 2.75) is 6.29 Å². The Kier molecular flexibility index (Phi) is 4.00. The van der Waals surface area contributed by atoms with E-state index in [2.05, 4.69) is 0 Å². The van der Waals surface area contributed by atoms with Crippen LogP contribution in [-0.4, -0.2) is 13.2 Å². The molecule has 0 bridgehead atoms. The molecular weight excluding hydrogens is 377 g/mol. The second kappa shape index (κ2) is 5.75. The summed E-state index contributed by atoms with van der Waals surface area (Å²) >= 11 is 1.77. The largest absolute Gasteiger partial charge is 0.346 e. The Morgan fingerprint density at radius 3 is 2.20 bits per heavy atom. The second-order valence-electron chi connectivity index (χ2n) is 4.42. The van der Waals surface area contributed by atoms with Gasteiger partial charge in [0.25, 0.3) is 0 Å². The highest BCUT2D eigenvalue weighted by Crippen LogP contribution is 2.29. The van der Waals surface area contributed by atoms with Crippen molar-refractivity contribution in [1.29, 1.82) is 0 Å². The Balaban J connectivity index is 1.93. The second-order valence-corrected chi connectivity index (χ2v) is 5.58. The van der Waals surface area contributed by atoms with Crippen LogP contribution in [0.25, 0.3) is 11.1 Å². The lowest BCUT2D eigenvalue weighted by Crippen LogP contribution is -1.98. The molecule has 1 aliphatic heterocycles. The summed E-state index contributed by atoms with van der Waals surface area (Å²) in [5.41, 5.74) is 1.75. The van der Waals surface area contributed by atoms with Crippen LogP contribution in [0.4, 0.5) is 8.78 Å². The molecule has 20 heavy (non-hydrogen) atoms. The molecule has 2 aromatic carbocycles. The van der Waals surface area contributed by atoms with Crippen LogP contribution in [0, 0.1) is 15.2 Å². The highest BCUT2D eigenvalue weighted by Gasteiger charge is 2.18. The molecule has 104 valence electrons.